The molecule has 1 aliphatic heterocycles. The molecule has 35 heavy (non-hydrogen) atoms. The van der Waals surface area contributed by atoms with Gasteiger partial charge in [0.05, 0.1) is 11.8 Å². The standard InChI is InChI=1S/C24H22F4N6O/c1-13-11-23(13)21(35)32(2)18-12-30-22(31-20(18)34(23)17-4-3-5-17)33-7-6-29-19(33)14-8-15(24(26,27)28)10-16(25)9-14/h6-10,12-13,17H,3-5,11H2,1-2H3/t13-,23-/m0/s1. The van der Waals surface area contributed by atoms with Crippen molar-refractivity contribution in [2.24, 2.45) is 5.92 Å². The lowest BCUT2D eigenvalue weighted by molar-refractivity contribution is -0.137. The Balaban J connectivity index is 1.48. The molecule has 1 spiro atoms. The van der Waals surface area contributed by atoms with Gasteiger partial charge in [0.2, 0.25) is 5.95 Å². The lowest BCUT2D eigenvalue weighted by Crippen LogP contribution is -2.60. The van der Waals surface area contributed by atoms with Crippen molar-refractivity contribution >= 4 is 17.4 Å². The van der Waals surface area contributed by atoms with E-state index in [-0.39, 0.29) is 35.2 Å². The smallest absolute Gasteiger partial charge is 0.337 e. The minimum atomic E-state index is -4.70. The van der Waals surface area contributed by atoms with E-state index in [2.05, 4.69) is 21.8 Å². The maximum Gasteiger partial charge on any atom is 0.416 e. The zero-order valence-electron chi connectivity index (χ0n) is 19.1. The Morgan fingerprint density at radius 2 is 1.89 bits per heavy atom. The summed E-state index contributed by atoms with van der Waals surface area (Å²) in [4.78, 5) is 30.4. The number of fused-ring (bicyclic) bond motifs is 1. The van der Waals surface area contributed by atoms with Crippen LogP contribution in [0, 0.1) is 11.7 Å². The molecule has 7 nitrogen and oxygen atoms in total. The summed E-state index contributed by atoms with van der Waals surface area (Å²) >= 11 is 0. The van der Waals surface area contributed by atoms with E-state index in [1.165, 1.54) is 17.0 Å². The van der Waals surface area contributed by atoms with Gasteiger partial charge in [-0.05, 0) is 49.8 Å². The highest BCUT2D eigenvalue weighted by atomic mass is 19.4. The molecular weight excluding hydrogens is 464 g/mol. The van der Waals surface area contributed by atoms with Gasteiger partial charge in [-0.2, -0.15) is 18.2 Å². The summed E-state index contributed by atoms with van der Waals surface area (Å²) < 4.78 is 55.4. The molecule has 0 bridgehead atoms. The molecule has 2 atom stereocenters. The fraction of sp³-hybridized carbons (Fsp3) is 0.417. The number of nitrogens with zero attached hydrogens (tertiary/aromatic N) is 6. The van der Waals surface area contributed by atoms with Crippen LogP contribution in [0.4, 0.5) is 29.1 Å². The molecule has 3 heterocycles. The third-order valence-electron chi connectivity index (χ3n) is 7.48. The first-order valence-electron chi connectivity index (χ1n) is 11.5. The van der Waals surface area contributed by atoms with Crippen molar-refractivity contribution in [1.82, 2.24) is 19.5 Å². The van der Waals surface area contributed by atoms with Crippen LogP contribution in [0.1, 0.15) is 38.2 Å². The predicted molar refractivity (Wildman–Crippen MR) is 120 cm³/mol. The van der Waals surface area contributed by atoms with Gasteiger partial charge in [-0.15, -0.1) is 0 Å². The van der Waals surface area contributed by atoms with Crippen LogP contribution in [0.2, 0.25) is 0 Å². The summed E-state index contributed by atoms with van der Waals surface area (Å²) in [5, 5.41) is 0. The van der Waals surface area contributed by atoms with Crippen LogP contribution < -0.4 is 9.80 Å². The van der Waals surface area contributed by atoms with E-state index in [0.717, 1.165) is 37.8 Å². The first-order chi connectivity index (χ1) is 16.6. The summed E-state index contributed by atoms with van der Waals surface area (Å²) in [5.41, 5.74) is -1.18. The highest BCUT2D eigenvalue weighted by Gasteiger charge is 2.67. The second kappa shape index (κ2) is 7.25. The summed E-state index contributed by atoms with van der Waals surface area (Å²) in [6.45, 7) is 2.06. The molecule has 2 aromatic heterocycles. The van der Waals surface area contributed by atoms with Crippen LogP contribution in [-0.2, 0) is 11.0 Å². The molecule has 2 fully saturated rings. The minimum absolute atomic E-state index is 0.0310. The minimum Gasteiger partial charge on any atom is -0.337 e. The first kappa shape index (κ1) is 22.0. The van der Waals surface area contributed by atoms with Crippen molar-refractivity contribution in [2.75, 3.05) is 16.8 Å². The third kappa shape index (κ3) is 3.16. The van der Waals surface area contributed by atoms with Crippen molar-refractivity contribution in [3.05, 3.63) is 48.2 Å². The van der Waals surface area contributed by atoms with Crippen molar-refractivity contribution in [3.8, 4) is 17.3 Å². The number of halogens is 4. The summed E-state index contributed by atoms with van der Waals surface area (Å²) in [5.74, 6) is 0.0900. The summed E-state index contributed by atoms with van der Waals surface area (Å²) in [6, 6.07) is 2.50. The number of hydrogen-bond acceptors (Lipinski definition) is 5. The molecule has 11 heteroatoms. The maximum atomic E-state index is 14.1. The molecule has 2 saturated carbocycles. The van der Waals surface area contributed by atoms with Crippen molar-refractivity contribution < 1.29 is 22.4 Å². The van der Waals surface area contributed by atoms with Gasteiger partial charge in [-0.3, -0.25) is 9.36 Å². The van der Waals surface area contributed by atoms with Gasteiger partial charge in [0, 0.05) is 31.0 Å². The van der Waals surface area contributed by atoms with Gasteiger partial charge in [0.25, 0.3) is 5.91 Å². The van der Waals surface area contributed by atoms with E-state index >= 15 is 0 Å². The van der Waals surface area contributed by atoms with Crippen LogP contribution in [0.15, 0.2) is 36.8 Å². The fourth-order valence-electron chi connectivity index (χ4n) is 5.33. The Labute approximate surface area is 198 Å². The van der Waals surface area contributed by atoms with Gasteiger partial charge >= 0.3 is 6.18 Å². The molecule has 3 aliphatic rings. The number of anilines is 2. The number of benzene rings is 1. The number of likely N-dealkylation sites (N-methyl/N-ethyl adjacent to an activating group) is 1. The number of hydrogen-bond donors (Lipinski definition) is 0. The number of carbonyl (C=O) groups excluding carboxylic acids is 1. The Morgan fingerprint density at radius 3 is 2.51 bits per heavy atom. The number of amides is 1. The number of carbonyl (C=O) groups is 1. The molecule has 0 saturated heterocycles. The maximum absolute atomic E-state index is 14.1. The Hall–Kier alpha value is -3.50. The van der Waals surface area contributed by atoms with E-state index in [1.807, 2.05) is 0 Å². The lowest BCUT2D eigenvalue weighted by atomic mass is 9.88. The number of rotatable bonds is 3. The zero-order valence-corrected chi connectivity index (χ0v) is 19.1. The van der Waals surface area contributed by atoms with E-state index in [1.54, 1.807) is 18.1 Å². The third-order valence-corrected chi connectivity index (χ3v) is 7.48. The molecule has 3 aromatic rings. The molecule has 2 aliphatic carbocycles. The van der Waals surface area contributed by atoms with Gasteiger partial charge in [-0.1, -0.05) is 6.92 Å². The summed E-state index contributed by atoms with van der Waals surface area (Å²) in [6.07, 6.45) is 3.52. The largest absolute Gasteiger partial charge is 0.416 e. The molecular formula is C24H22F4N6O. The predicted octanol–water partition coefficient (Wildman–Crippen LogP) is 4.60. The topological polar surface area (TPSA) is 67.2 Å². The molecule has 0 unspecified atom stereocenters. The van der Waals surface area contributed by atoms with E-state index in [4.69, 9.17) is 4.98 Å². The van der Waals surface area contributed by atoms with Crippen molar-refractivity contribution in [2.45, 2.75) is 50.4 Å². The molecule has 0 radical (unpaired) electrons. The van der Waals surface area contributed by atoms with Gasteiger partial charge in [0.15, 0.2) is 5.82 Å². The second-order valence-corrected chi connectivity index (χ2v) is 9.57. The van der Waals surface area contributed by atoms with Gasteiger partial charge in [-0.25, -0.2) is 14.4 Å². The quantitative estimate of drug-likeness (QED) is 0.507. The van der Waals surface area contributed by atoms with Crippen LogP contribution in [0.25, 0.3) is 17.3 Å². The molecule has 0 N–H and O–H groups in total. The average molecular weight is 486 g/mol. The van der Waals surface area contributed by atoms with Crippen LogP contribution in [0.5, 0.6) is 0 Å². The Kier molecular flexibility index (Phi) is 4.56. The Morgan fingerprint density at radius 1 is 1.14 bits per heavy atom. The molecule has 1 aromatic carbocycles. The van der Waals surface area contributed by atoms with Crippen LogP contribution >= 0.6 is 0 Å². The lowest BCUT2D eigenvalue weighted by Gasteiger charge is -2.48. The summed E-state index contributed by atoms with van der Waals surface area (Å²) in [7, 11) is 1.71. The molecule has 6 rings (SSSR count). The SMILES string of the molecule is C[C@H]1C[C@@]12C(=O)N(C)c1cnc(-n3ccnc3-c3cc(F)cc(C(F)(F)F)c3)nc1N2C1CCC1. The van der Waals surface area contributed by atoms with Gasteiger partial charge < -0.3 is 9.80 Å². The van der Waals surface area contributed by atoms with Crippen LogP contribution in [0.3, 0.4) is 0 Å². The van der Waals surface area contributed by atoms with Crippen molar-refractivity contribution in [3.63, 3.8) is 0 Å². The molecule has 182 valence electrons. The number of imidazole rings is 1. The zero-order chi connectivity index (χ0) is 24.7. The van der Waals surface area contributed by atoms with Gasteiger partial charge in [0.1, 0.15) is 22.9 Å². The van der Waals surface area contributed by atoms with E-state index in [0.29, 0.717) is 17.6 Å². The highest BCUT2D eigenvalue weighted by Crippen LogP contribution is 2.57. The highest BCUT2D eigenvalue weighted by molar-refractivity contribution is 6.09. The van der Waals surface area contributed by atoms with E-state index in [9.17, 15) is 22.4 Å². The number of alkyl halides is 3. The van der Waals surface area contributed by atoms with Crippen LogP contribution in [-0.4, -0.2) is 44.1 Å². The Bertz CT molecular complexity index is 1350. The van der Waals surface area contributed by atoms with E-state index < -0.39 is 23.1 Å². The molecule has 1 amide bonds. The monoisotopic (exact) mass is 486 g/mol. The second-order valence-electron chi connectivity index (χ2n) is 9.57. The van der Waals surface area contributed by atoms with Crippen molar-refractivity contribution in [1.29, 1.82) is 0 Å². The fourth-order valence-corrected chi connectivity index (χ4v) is 5.33. The average Bonchev–Trinajstić information content (AvgIpc) is 3.20. The first-order valence-corrected chi connectivity index (χ1v) is 11.5. The normalized spacial score (nSPS) is 24.1. The number of aromatic nitrogens is 4.